The highest BCUT2D eigenvalue weighted by molar-refractivity contribution is 8.00. The van der Waals surface area contributed by atoms with Crippen molar-refractivity contribution in [3.63, 3.8) is 0 Å². The molecule has 0 bridgehead atoms. The Kier molecular flexibility index (Phi) is 4.55. The summed E-state index contributed by atoms with van der Waals surface area (Å²) in [6, 6.07) is 20.6. The van der Waals surface area contributed by atoms with Crippen LogP contribution < -0.4 is 5.32 Å². The van der Waals surface area contributed by atoms with E-state index in [0.717, 1.165) is 17.1 Å². The Morgan fingerprint density at radius 1 is 1.12 bits per heavy atom. The van der Waals surface area contributed by atoms with Crippen molar-refractivity contribution in [1.82, 2.24) is 9.78 Å². The fourth-order valence-electron chi connectivity index (χ4n) is 3.45. The number of aromatic nitrogens is 2. The van der Waals surface area contributed by atoms with Gasteiger partial charge in [-0.05, 0) is 25.0 Å². The minimum atomic E-state index is 0.0242. The largest absolute Gasteiger partial charge is 0.310 e. The Morgan fingerprint density at radius 2 is 1.77 bits per heavy atom. The average Bonchev–Trinajstić information content (AvgIpc) is 2.88. The van der Waals surface area contributed by atoms with Crippen LogP contribution in [-0.2, 0) is 4.79 Å². The fraction of sp³-hybridized carbons (Fsp3) is 0.238. The van der Waals surface area contributed by atoms with E-state index in [4.69, 9.17) is 5.10 Å². The lowest BCUT2D eigenvalue weighted by atomic mass is 10.0. The number of aryl methyl sites for hydroxylation is 1. The Morgan fingerprint density at radius 3 is 2.46 bits per heavy atom. The molecule has 3 aromatic rings. The molecule has 2 heterocycles. The van der Waals surface area contributed by atoms with E-state index in [1.54, 1.807) is 11.8 Å². The van der Waals surface area contributed by atoms with Crippen molar-refractivity contribution < 1.29 is 4.79 Å². The molecule has 4 rings (SSSR count). The molecule has 0 aliphatic carbocycles. The quantitative estimate of drug-likeness (QED) is 0.741. The predicted molar refractivity (Wildman–Crippen MR) is 107 cm³/mol. The van der Waals surface area contributed by atoms with E-state index in [9.17, 15) is 4.79 Å². The van der Waals surface area contributed by atoms with Gasteiger partial charge in [-0.15, -0.1) is 11.8 Å². The second kappa shape index (κ2) is 7.00. The summed E-state index contributed by atoms with van der Waals surface area (Å²) in [6.07, 6.45) is 0. The van der Waals surface area contributed by atoms with Crippen LogP contribution in [0.1, 0.15) is 40.6 Å². The lowest BCUT2D eigenvalue weighted by Gasteiger charge is -2.18. The average molecular weight is 363 g/mol. The molecule has 1 N–H and O–H groups in total. The van der Waals surface area contributed by atoms with Crippen LogP contribution in [0.15, 0.2) is 60.7 Å². The molecule has 0 fully saturated rings. The summed E-state index contributed by atoms with van der Waals surface area (Å²) in [5, 5.41) is 8.01. The molecule has 132 valence electrons. The summed E-state index contributed by atoms with van der Waals surface area (Å²) in [7, 11) is 0. The highest BCUT2D eigenvalue weighted by Gasteiger charge is 2.31. The van der Waals surface area contributed by atoms with Gasteiger partial charge in [-0.2, -0.15) is 5.10 Å². The molecule has 2 aromatic carbocycles. The zero-order valence-corrected chi connectivity index (χ0v) is 15.7. The molecule has 0 spiro atoms. The maximum absolute atomic E-state index is 12.4. The van der Waals surface area contributed by atoms with Gasteiger partial charge in [-0.1, -0.05) is 60.7 Å². The van der Waals surface area contributed by atoms with Crippen LogP contribution in [-0.4, -0.2) is 21.4 Å². The van der Waals surface area contributed by atoms with Gasteiger partial charge in [0.2, 0.25) is 5.91 Å². The number of rotatable bonds is 3. The van der Waals surface area contributed by atoms with E-state index in [2.05, 4.69) is 36.5 Å². The molecule has 4 nitrogen and oxygen atoms in total. The minimum absolute atomic E-state index is 0.0242. The molecule has 0 radical (unpaired) electrons. The SMILES string of the molecule is Cc1nn([C@H](C)c2ccccc2)c2c1[C@H](c1ccccc1)SCC(=O)N2. The third-order valence-electron chi connectivity index (χ3n) is 4.78. The highest BCUT2D eigenvalue weighted by Crippen LogP contribution is 2.44. The monoisotopic (exact) mass is 363 g/mol. The number of nitrogens with zero attached hydrogens (tertiary/aromatic N) is 2. The second-order valence-corrected chi connectivity index (χ2v) is 7.62. The summed E-state index contributed by atoms with van der Waals surface area (Å²) in [4.78, 5) is 12.4. The lowest BCUT2D eigenvalue weighted by molar-refractivity contribution is -0.113. The number of nitrogens with one attached hydrogen (secondary N) is 1. The van der Waals surface area contributed by atoms with E-state index in [1.807, 2.05) is 48.0 Å². The molecule has 0 unspecified atom stereocenters. The smallest absolute Gasteiger partial charge is 0.235 e. The Hall–Kier alpha value is -2.53. The zero-order chi connectivity index (χ0) is 18.1. The van der Waals surface area contributed by atoms with Crippen molar-refractivity contribution in [2.24, 2.45) is 0 Å². The van der Waals surface area contributed by atoms with E-state index in [-0.39, 0.29) is 17.2 Å². The third-order valence-corrected chi connectivity index (χ3v) is 6.05. The number of carbonyl (C=O) groups is 1. The molecule has 1 aliphatic rings. The van der Waals surface area contributed by atoms with Crippen LogP contribution in [0.25, 0.3) is 0 Å². The predicted octanol–water partition coefficient (Wildman–Crippen LogP) is 4.58. The van der Waals surface area contributed by atoms with Gasteiger partial charge in [0.1, 0.15) is 5.82 Å². The van der Waals surface area contributed by atoms with Gasteiger partial charge in [0.05, 0.1) is 22.7 Å². The van der Waals surface area contributed by atoms with Crippen molar-refractivity contribution in [1.29, 1.82) is 0 Å². The molecular formula is C21H21N3OS. The van der Waals surface area contributed by atoms with Gasteiger partial charge in [-0.25, -0.2) is 4.68 Å². The third kappa shape index (κ3) is 3.03. The molecule has 1 aliphatic heterocycles. The summed E-state index contributed by atoms with van der Waals surface area (Å²) in [6.45, 7) is 4.14. The summed E-state index contributed by atoms with van der Waals surface area (Å²) in [5.74, 6) is 1.28. The first kappa shape index (κ1) is 16.9. The molecule has 26 heavy (non-hydrogen) atoms. The van der Waals surface area contributed by atoms with E-state index in [1.165, 1.54) is 11.1 Å². The number of anilines is 1. The Bertz CT molecular complexity index is 921. The van der Waals surface area contributed by atoms with E-state index >= 15 is 0 Å². The molecule has 1 aromatic heterocycles. The first-order valence-electron chi connectivity index (χ1n) is 8.75. The lowest BCUT2D eigenvalue weighted by Crippen LogP contribution is -2.18. The zero-order valence-electron chi connectivity index (χ0n) is 14.8. The molecule has 0 saturated heterocycles. The maximum Gasteiger partial charge on any atom is 0.235 e. The summed E-state index contributed by atoms with van der Waals surface area (Å²) >= 11 is 1.66. The van der Waals surface area contributed by atoms with E-state index < -0.39 is 0 Å². The first-order valence-corrected chi connectivity index (χ1v) is 9.80. The van der Waals surface area contributed by atoms with Crippen molar-refractivity contribution in [3.8, 4) is 0 Å². The van der Waals surface area contributed by atoms with Gasteiger partial charge < -0.3 is 5.32 Å². The Labute approximate surface area is 157 Å². The second-order valence-electron chi connectivity index (χ2n) is 6.53. The molecule has 2 atom stereocenters. The van der Waals surface area contributed by atoms with Crippen LogP contribution in [0.2, 0.25) is 0 Å². The first-order chi connectivity index (χ1) is 12.6. The van der Waals surface area contributed by atoms with Crippen LogP contribution in [0, 0.1) is 6.92 Å². The molecule has 0 saturated carbocycles. The summed E-state index contributed by atoms with van der Waals surface area (Å²) in [5.41, 5.74) is 4.44. The number of amides is 1. The standard InChI is InChI=1S/C21H21N3OS/c1-14-19-20(17-11-7-4-8-12-17)26-13-18(25)22-21(19)24(23-14)15(2)16-9-5-3-6-10-16/h3-12,15,20H,13H2,1-2H3,(H,22,25)/t15-,20+/m1/s1. The number of hydrogen-bond donors (Lipinski definition) is 1. The number of hydrogen-bond acceptors (Lipinski definition) is 3. The number of fused-ring (bicyclic) bond motifs is 1. The van der Waals surface area contributed by atoms with Crippen molar-refractivity contribution in [3.05, 3.63) is 83.0 Å². The topological polar surface area (TPSA) is 46.9 Å². The van der Waals surface area contributed by atoms with E-state index in [0.29, 0.717) is 5.75 Å². The normalized spacial score (nSPS) is 17.9. The van der Waals surface area contributed by atoms with Crippen LogP contribution >= 0.6 is 11.8 Å². The maximum atomic E-state index is 12.4. The molecule has 5 heteroatoms. The van der Waals surface area contributed by atoms with Crippen molar-refractivity contribution >= 4 is 23.5 Å². The van der Waals surface area contributed by atoms with Gasteiger partial charge in [0.25, 0.3) is 0 Å². The minimum Gasteiger partial charge on any atom is -0.310 e. The fourth-order valence-corrected chi connectivity index (χ4v) is 4.64. The number of thioether (sulfide) groups is 1. The van der Waals surface area contributed by atoms with Crippen molar-refractivity contribution in [2.45, 2.75) is 25.1 Å². The van der Waals surface area contributed by atoms with Crippen LogP contribution in [0.3, 0.4) is 0 Å². The summed E-state index contributed by atoms with van der Waals surface area (Å²) < 4.78 is 1.96. The van der Waals surface area contributed by atoms with Gasteiger partial charge >= 0.3 is 0 Å². The van der Waals surface area contributed by atoms with Gasteiger partial charge in [-0.3, -0.25) is 4.79 Å². The van der Waals surface area contributed by atoms with Gasteiger partial charge in [0, 0.05) is 5.56 Å². The van der Waals surface area contributed by atoms with Crippen LogP contribution in [0.4, 0.5) is 5.82 Å². The number of carbonyl (C=O) groups excluding carboxylic acids is 1. The molecular weight excluding hydrogens is 342 g/mol. The number of benzene rings is 2. The van der Waals surface area contributed by atoms with Crippen molar-refractivity contribution in [2.75, 3.05) is 11.1 Å². The molecule has 1 amide bonds. The van der Waals surface area contributed by atoms with Crippen LogP contribution in [0.5, 0.6) is 0 Å². The Balaban J connectivity index is 1.84. The highest BCUT2D eigenvalue weighted by atomic mass is 32.2. The van der Waals surface area contributed by atoms with Gasteiger partial charge in [0.15, 0.2) is 0 Å².